The van der Waals surface area contributed by atoms with Gasteiger partial charge < -0.3 is 5.32 Å². The average molecular weight is 395 g/mol. The molecule has 0 unspecified atom stereocenters. The highest BCUT2D eigenvalue weighted by Crippen LogP contribution is 2.27. The Morgan fingerprint density at radius 1 is 0.867 bits per heavy atom. The maximum Gasteiger partial charge on any atom is 0.259 e. The van der Waals surface area contributed by atoms with E-state index < -0.39 is 5.91 Å². The van der Waals surface area contributed by atoms with Gasteiger partial charge in [-0.15, -0.1) is 0 Å². The third-order valence-electron chi connectivity index (χ3n) is 4.92. The lowest BCUT2D eigenvalue weighted by Crippen LogP contribution is -2.34. The van der Waals surface area contributed by atoms with Gasteiger partial charge >= 0.3 is 0 Å². The summed E-state index contributed by atoms with van der Waals surface area (Å²) in [6.07, 6.45) is 1.66. The second kappa shape index (κ2) is 8.57. The van der Waals surface area contributed by atoms with E-state index in [0.717, 1.165) is 32.7 Å². The molecule has 4 aromatic rings. The molecular weight excluding hydrogens is 374 g/mol. The number of carbonyl (C=O) groups is 2. The Morgan fingerprint density at radius 2 is 1.47 bits per heavy atom. The van der Waals surface area contributed by atoms with Crippen LogP contribution in [0, 0.1) is 6.92 Å². The SMILES string of the molecule is Cc1ccc(C(=O)NCC(=O)N/N=C/c2c3ccccc3cc3ccccc23)cc1. The fourth-order valence-corrected chi connectivity index (χ4v) is 3.36. The number of fused-ring (bicyclic) bond motifs is 2. The molecule has 0 saturated heterocycles. The van der Waals surface area contributed by atoms with Crippen LogP contribution in [0.15, 0.2) is 84.0 Å². The molecule has 148 valence electrons. The number of carbonyl (C=O) groups excluding carboxylic acids is 2. The Labute approximate surface area is 174 Å². The van der Waals surface area contributed by atoms with Crippen molar-refractivity contribution in [2.24, 2.45) is 5.10 Å². The second-order valence-corrected chi connectivity index (χ2v) is 7.07. The van der Waals surface area contributed by atoms with Crippen LogP contribution in [0.25, 0.3) is 21.5 Å². The minimum atomic E-state index is -0.392. The van der Waals surface area contributed by atoms with Crippen molar-refractivity contribution in [3.8, 4) is 0 Å². The summed E-state index contributed by atoms with van der Waals surface area (Å²) in [5.74, 6) is -0.689. The number of aryl methyl sites for hydroxylation is 1. The second-order valence-electron chi connectivity index (χ2n) is 7.07. The molecule has 0 aromatic heterocycles. The predicted molar refractivity (Wildman–Crippen MR) is 121 cm³/mol. The fraction of sp³-hybridized carbons (Fsp3) is 0.0800. The van der Waals surface area contributed by atoms with Crippen LogP contribution in [0.5, 0.6) is 0 Å². The summed E-state index contributed by atoms with van der Waals surface area (Å²) < 4.78 is 0. The first-order valence-corrected chi connectivity index (χ1v) is 9.69. The topological polar surface area (TPSA) is 70.6 Å². The van der Waals surface area contributed by atoms with Gasteiger partial charge in [0, 0.05) is 11.1 Å². The van der Waals surface area contributed by atoms with Crippen LogP contribution in [-0.4, -0.2) is 24.6 Å². The molecule has 5 heteroatoms. The minimum Gasteiger partial charge on any atom is -0.343 e. The van der Waals surface area contributed by atoms with Crippen LogP contribution < -0.4 is 10.7 Å². The van der Waals surface area contributed by atoms with E-state index in [1.54, 1.807) is 18.3 Å². The van der Waals surface area contributed by atoms with Gasteiger partial charge in [-0.25, -0.2) is 5.43 Å². The molecule has 0 spiro atoms. The van der Waals surface area contributed by atoms with E-state index in [-0.39, 0.29) is 12.5 Å². The zero-order valence-corrected chi connectivity index (χ0v) is 16.6. The number of hydrogen-bond donors (Lipinski definition) is 2. The van der Waals surface area contributed by atoms with E-state index in [1.807, 2.05) is 55.5 Å². The monoisotopic (exact) mass is 395 g/mol. The molecule has 5 nitrogen and oxygen atoms in total. The van der Waals surface area contributed by atoms with Gasteiger partial charge in [-0.05, 0) is 46.7 Å². The van der Waals surface area contributed by atoms with E-state index in [9.17, 15) is 9.59 Å². The molecule has 0 aliphatic heterocycles. The molecule has 0 aliphatic carbocycles. The molecule has 2 amide bonds. The first-order valence-electron chi connectivity index (χ1n) is 9.69. The van der Waals surface area contributed by atoms with Gasteiger partial charge in [0.15, 0.2) is 0 Å². The van der Waals surface area contributed by atoms with Crippen molar-refractivity contribution in [1.29, 1.82) is 0 Å². The normalized spacial score (nSPS) is 11.1. The molecule has 0 aliphatic rings. The first-order chi connectivity index (χ1) is 14.6. The Kier molecular flexibility index (Phi) is 5.52. The minimum absolute atomic E-state index is 0.152. The molecule has 4 aromatic carbocycles. The number of amides is 2. The number of nitrogens with zero attached hydrogens (tertiary/aromatic N) is 1. The molecule has 2 N–H and O–H groups in total. The van der Waals surface area contributed by atoms with Gasteiger partial charge in [0.25, 0.3) is 11.8 Å². The van der Waals surface area contributed by atoms with Gasteiger partial charge in [0.1, 0.15) is 0 Å². The van der Waals surface area contributed by atoms with Crippen LogP contribution in [0.2, 0.25) is 0 Å². The van der Waals surface area contributed by atoms with Crippen molar-refractivity contribution in [2.75, 3.05) is 6.54 Å². The largest absolute Gasteiger partial charge is 0.343 e. The zero-order valence-electron chi connectivity index (χ0n) is 16.6. The fourth-order valence-electron chi connectivity index (χ4n) is 3.36. The number of hydrogen-bond acceptors (Lipinski definition) is 3. The van der Waals surface area contributed by atoms with Crippen molar-refractivity contribution >= 4 is 39.6 Å². The maximum absolute atomic E-state index is 12.1. The summed E-state index contributed by atoms with van der Waals surface area (Å²) in [6, 6.07) is 25.4. The lowest BCUT2D eigenvalue weighted by Gasteiger charge is -2.08. The van der Waals surface area contributed by atoms with Crippen molar-refractivity contribution in [3.05, 3.63) is 95.6 Å². The summed E-state index contributed by atoms with van der Waals surface area (Å²) in [4.78, 5) is 24.2. The quantitative estimate of drug-likeness (QED) is 0.302. The average Bonchev–Trinajstić information content (AvgIpc) is 2.77. The lowest BCUT2D eigenvalue weighted by molar-refractivity contribution is -0.120. The van der Waals surface area contributed by atoms with Crippen LogP contribution in [0.4, 0.5) is 0 Å². The lowest BCUT2D eigenvalue weighted by atomic mass is 9.97. The molecule has 0 bridgehead atoms. The Balaban J connectivity index is 1.46. The number of nitrogens with one attached hydrogen (secondary N) is 2. The summed E-state index contributed by atoms with van der Waals surface area (Å²) in [7, 11) is 0. The summed E-state index contributed by atoms with van der Waals surface area (Å²) in [5, 5.41) is 11.1. The van der Waals surface area contributed by atoms with Gasteiger partial charge in [-0.3, -0.25) is 9.59 Å². The van der Waals surface area contributed by atoms with E-state index in [4.69, 9.17) is 0 Å². The van der Waals surface area contributed by atoms with Crippen LogP contribution in [0.3, 0.4) is 0 Å². The van der Waals surface area contributed by atoms with Crippen molar-refractivity contribution in [2.45, 2.75) is 6.92 Å². The predicted octanol–water partition coefficient (Wildman–Crippen LogP) is 4.18. The van der Waals surface area contributed by atoms with Gasteiger partial charge in [0.05, 0.1) is 12.8 Å². The van der Waals surface area contributed by atoms with Crippen molar-refractivity contribution < 1.29 is 9.59 Å². The summed E-state index contributed by atoms with van der Waals surface area (Å²) in [6.45, 7) is 1.80. The Morgan fingerprint density at radius 3 is 2.10 bits per heavy atom. The number of hydrazone groups is 1. The third kappa shape index (κ3) is 4.20. The summed E-state index contributed by atoms with van der Waals surface area (Å²) in [5.41, 5.74) is 5.01. The molecule has 0 fully saturated rings. The molecule has 0 atom stereocenters. The van der Waals surface area contributed by atoms with Crippen molar-refractivity contribution in [1.82, 2.24) is 10.7 Å². The van der Waals surface area contributed by atoms with E-state index >= 15 is 0 Å². The summed E-state index contributed by atoms with van der Waals surface area (Å²) >= 11 is 0. The zero-order chi connectivity index (χ0) is 20.9. The molecule has 0 saturated carbocycles. The van der Waals surface area contributed by atoms with Gasteiger partial charge in [-0.2, -0.15) is 5.10 Å². The molecule has 30 heavy (non-hydrogen) atoms. The first kappa shape index (κ1) is 19.3. The third-order valence-corrected chi connectivity index (χ3v) is 4.92. The highest BCUT2D eigenvalue weighted by atomic mass is 16.2. The van der Waals surface area contributed by atoms with Crippen molar-refractivity contribution in [3.63, 3.8) is 0 Å². The van der Waals surface area contributed by atoms with Crippen LogP contribution in [-0.2, 0) is 4.79 Å². The molecular formula is C25H21N3O2. The highest BCUT2D eigenvalue weighted by molar-refractivity contribution is 6.13. The van der Waals surface area contributed by atoms with Crippen LogP contribution in [0.1, 0.15) is 21.5 Å². The highest BCUT2D eigenvalue weighted by Gasteiger charge is 2.08. The Bertz CT molecular complexity index is 1210. The van der Waals surface area contributed by atoms with Gasteiger partial charge in [0.2, 0.25) is 0 Å². The smallest absolute Gasteiger partial charge is 0.259 e. The Hall–Kier alpha value is -3.99. The van der Waals surface area contributed by atoms with E-state index in [0.29, 0.717) is 5.56 Å². The standard InChI is InChI=1S/C25H21N3O2/c1-17-10-12-18(13-11-17)25(30)26-16-24(29)28-27-15-23-21-8-4-2-6-19(21)14-20-7-3-5-9-22(20)23/h2-15H,16H2,1H3,(H,26,30)(H,28,29)/b27-15+. The number of rotatable bonds is 5. The van der Waals surface area contributed by atoms with Crippen LogP contribution >= 0.6 is 0 Å². The molecule has 4 rings (SSSR count). The molecule has 0 heterocycles. The van der Waals surface area contributed by atoms with E-state index in [1.165, 1.54) is 0 Å². The maximum atomic E-state index is 12.1. The van der Waals surface area contributed by atoms with Gasteiger partial charge in [-0.1, -0.05) is 66.2 Å². The molecule has 0 radical (unpaired) electrons. The van der Waals surface area contributed by atoms with E-state index in [2.05, 4.69) is 34.0 Å². The number of benzene rings is 4.